The van der Waals surface area contributed by atoms with E-state index in [1.165, 1.54) is 9.78 Å². The van der Waals surface area contributed by atoms with Crippen molar-refractivity contribution >= 4 is 17.3 Å². The third kappa shape index (κ3) is 7.09. The van der Waals surface area contributed by atoms with Crippen molar-refractivity contribution < 1.29 is 13.2 Å². The minimum Gasteiger partial charge on any atom is -0.356 e. The van der Waals surface area contributed by atoms with E-state index in [9.17, 15) is 13.2 Å². The highest BCUT2D eigenvalue weighted by atomic mass is 32.1. The summed E-state index contributed by atoms with van der Waals surface area (Å²) < 4.78 is 37.1. The first-order valence-electron chi connectivity index (χ1n) is 8.22. The van der Waals surface area contributed by atoms with E-state index in [2.05, 4.69) is 21.7 Å². The Morgan fingerprint density at radius 1 is 1.33 bits per heavy atom. The van der Waals surface area contributed by atoms with Gasteiger partial charge < -0.3 is 10.6 Å². The zero-order valence-electron chi connectivity index (χ0n) is 13.9. The maximum atomic E-state index is 12.4. The lowest BCUT2D eigenvalue weighted by atomic mass is 9.93. The van der Waals surface area contributed by atoms with Crippen molar-refractivity contribution in [1.82, 2.24) is 15.5 Å². The average molecular weight is 362 g/mol. The Morgan fingerprint density at radius 2 is 2.08 bits per heavy atom. The number of alkyl halides is 3. The molecule has 2 N–H and O–H groups in total. The Balaban J connectivity index is 1.60. The van der Waals surface area contributed by atoms with Crippen molar-refractivity contribution in [2.24, 2.45) is 10.9 Å². The van der Waals surface area contributed by atoms with Gasteiger partial charge in [0, 0.05) is 18.5 Å². The molecule has 24 heavy (non-hydrogen) atoms. The van der Waals surface area contributed by atoms with Crippen LogP contribution in [0.1, 0.15) is 24.1 Å². The predicted molar refractivity (Wildman–Crippen MR) is 92.4 cm³/mol. The van der Waals surface area contributed by atoms with Gasteiger partial charge in [0.15, 0.2) is 5.96 Å². The van der Waals surface area contributed by atoms with Crippen molar-refractivity contribution in [2.75, 3.05) is 33.2 Å². The molecule has 0 aliphatic carbocycles. The van der Waals surface area contributed by atoms with Crippen molar-refractivity contribution in [2.45, 2.75) is 32.0 Å². The van der Waals surface area contributed by atoms with E-state index in [0.717, 1.165) is 38.3 Å². The van der Waals surface area contributed by atoms with Crippen LogP contribution in [0.25, 0.3) is 0 Å². The van der Waals surface area contributed by atoms with Crippen LogP contribution in [0.3, 0.4) is 0 Å². The predicted octanol–water partition coefficient (Wildman–Crippen LogP) is 3.08. The lowest BCUT2D eigenvalue weighted by Gasteiger charge is -2.32. The zero-order valence-corrected chi connectivity index (χ0v) is 14.7. The third-order valence-electron chi connectivity index (χ3n) is 4.19. The molecule has 1 fully saturated rings. The molecule has 1 aromatic heterocycles. The number of nitrogens with zero attached hydrogens (tertiary/aromatic N) is 2. The molecule has 2 rings (SSSR count). The molecule has 0 aromatic carbocycles. The van der Waals surface area contributed by atoms with Crippen LogP contribution in [0.2, 0.25) is 0 Å². The SMILES string of the molecule is CN=C(NCCC1CCN(CC(F)(F)F)CC1)NCc1cccs1. The van der Waals surface area contributed by atoms with Gasteiger partial charge in [-0.25, -0.2) is 0 Å². The number of piperidine rings is 1. The Kier molecular flexibility index (Phi) is 7.36. The number of aliphatic imine (C=N–C) groups is 1. The van der Waals surface area contributed by atoms with E-state index in [-0.39, 0.29) is 0 Å². The summed E-state index contributed by atoms with van der Waals surface area (Å²) in [5.41, 5.74) is 0. The largest absolute Gasteiger partial charge is 0.401 e. The second kappa shape index (κ2) is 9.27. The standard InChI is InChI=1S/C16H25F3N4S/c1-20-15(22-11-14-3-2-10-24-14)21-7-4-13-5-8-23(9-6-13)12-16(17,18)19/h2-3,10,13H,4-9,11-12H2,1H3,(H2,20,21,22). The maximum absolute atomic E-state index is 12.4. The van der Waals surface area contributed by atoms with Gasteiger partial charge in [0.2, 0.25) is 0 Å². The van der Waals surface area contributed by atoms with Gasteiger partial charge in [0.1, 0.15) is 0 Å². The van der Waals surface area contributed by atoms with Gasteiger partial charge in [-0.1, -0.05) is 6.07 Å². The lowest BCUT2D eigenvalue weighted by Crippen LogP contribution is -2.41. The first kappa shape index (κ1) is 19.1. The second-order valence-electron chi connectivity index (χ2n) is 6.06. The van der Waals surface area contributed by atoms with Crippen LogP contribution in [0.15, 0.2) is 22.5 Å². The molecule has 0 unspecified atom stereocenters. The number of rotatable bonds is 6. The van der Waals surface area contributed by atoms with Gasteiger partial charge >= 0.3 is 6.18 Å². The molecule has 1 saturated heterocycles. The van der Waals surface area contributed by atoms with Crippen LogP contribution >= 0.6 is 11.3 Å². The molecule has 8 heteroatoms. The highest BCUT2D eigenvalue weighted by Gasteiger charge is 2.32. The summed E-state index contributed by atoms with van der Waals surface area (Å²) in [6, 6.07) is 4.09. The summed E-state index contributed by atoms with van der Waals surface area (Å²) in [7, 11) is 1.74. The van der Waals surface area contributed by atoms with E-state index < -0.39 is 12.7 Å². The number of halogens is 3. The molecule has 0 bridgehead atoms. The first-order chi connectivity index (χ1) is 11.5. The molecule has 2 heterocycles. The van der Waals surface area contributed by atoms with Gasteiger partial charge in [-0.05, 0) is 49.7 Å². The Hall–Kier alpha value is -1.28. The summed E-state index contributed by atoms with van der Waals surface area (Å²) in [5.74, 6) is 1.25. The Bertz CT molecular complexity index is 494. The minimum absolute atomic E-state index is 0.484. The van der Waals surface area contributed by atoms with Crippen LogP contribution in [-0.4, -0.2) is 50.3 Å². The molecule has 1 aromatic rings. The molecule has 0 spiro atoms. The Morgan fingerprint density at radius 3 is 2.67 bits per heavy atom. The third-order valence-corrected chi connectivity index (χ3v) is 5.07. The van der Waals surface area contributed by atoms with E-state index in [0.29, 0.717) is 19.0 Å². The van der Waals surface area contributed by atoms with Crippen molar-refractivity contribution in [3.8, 4) is 0 Å². The van der Waals surface area contributed by atoms with Crippen molar-refractivity contribution in [3.63, 3.8) is 0 Å². The van der Waals surface area contributed by atoms with Crippen LogP contribution in [0.5, 0.6) is 0 Å². The fourth-order valence-electron chi connectivity index (χ4n) is 2.89. The highest BCUT2D eigenvalue weighted by molar-refractivity contribution is 7.09. The van der Waals surface area contributed by atoms with Crippen LogP contribution < -0.4 is 10.6 Å². The monoisotopic (exact) mass is 362 g/mol. The molecule has 4 nitrogen and oxygen atoms in total. The van der Waals surface area contributed by atoms with Crippen LogP contribution in [0, 0.1) is 5.92 Å². The number of guanidine groups is 1. The molecule has 0 atom stereocenters. The summed E-state index contributed by atoms with van der Waals surface area (Å²) in [6.07, 6.45) is -1.47. The average Bonchev–Trinajstić information content (AvgIpc) is 3.04. The van der Waals surface area contributed by atoms with Gasteiger partial charge in [-0.3, -0.25) is 9.89 Å². The molecular weight excluding hydrogens is 337 g/mol. The van der Waals surface area contributed by atoms with Gasteiger partial charge in [0.05, 0.1) is 13.1 Å². The lowest BCUT2D eigenvalue weighted by molar-refractivity contribution is -0.148. The molecular formula is C16H25F3N4S. The van der Waals surface area contributed by atoms with E-state index >= 15 is 0 Å². The molecule has 1 aliphatic rings. The molecule has 0 saturated carbocycles. The summed E-state index contributed by atoms with van der Waals surface area (Å²) >= 11 is 1.70. The number of likely N-dealkylation sites (tertiary alicyclic amines) is 1. The summed E-state index contributed by atoms with van der Waals surface area (Å²) in [5, 5.41) is 8.58. The smallest absolute Gasteiger partial charge is 0.356 e. The number of hydrogen-bond donors (Lipinski definition) is 2. The number of nitrogens with one attached hydrogen (secondary N) is 2. The number of thiophene rings is 1. The summed E-state index contributed by atoms with van der Waals surface area (Å²) in [4.78, 5) is 6.94. The van der Waals surface area contributed by atoms with Gasteiger partial charge in [-0.15, -0.1) is 11.3 Å². The quantitative estimate of drug-likeness (QED) is 0.603. The normalized spacial score (nSPS) is 17.9. The number of hydrogen-bond acceptors (Lipinski definition) is 3. The van der Waals surface area contributed by atoms with Crippen molar-refractivity contribution in [3.05, 3.63) is 22.4 Å². The molecule has 136 valence electrons. The van der Waals surface area contributed by atoms with Crippen LogP contribution in [0.4, 0.5) is 13.2 Å². The fraction of sp³-hybridized carbons (Fsp3) is 0.688. The topological polar surface area (TPSA) is 39.7 Å². The van der Waals surface area contributed by atoms with E-state index in [4.69, 9.17) is 0 Å². The fourth-order valence-corrected chi connectivity index (χ4v) is 3.53. The van der Waals surface area contributed by atoms with Crippen molar-refractivity contribution in [1.29, 1.82) is 0 Å². The molecule has 0 amide bonds. The molecule has 0 radical (unpaired) electrons. The van der Waals surface area contributed by atoms with Gasteiger partial charge in [-0.2, -0.15) is 13.2 Å². The van der Waals surface area contributed by atoms with Crippen LogP contribution in [-0.2, 0) is 6.54 Å². The Labute approximate surface area is 145 Å². The maximum Gasteiger partial charge on any atom is 0.401 e. The first-order valence-corrected chi connectivity index (χ1v) is 9.10. The summed E-state index contributed by atoms with van der Waals surface area (Å²) in [6.45, 7) is 1.82. The zero-order chi connectivity index (χ0) is 17.4. The second-order valence-corrected chi connectivity index (χ2v) is 7.09. The van der Waals surface area contributed by atoms with E-state index in [1.54, 1.807) is 18.4 Å². The van der Waals surface area contributed by atoms with Gasteiger partial charge in [0.25, 0.3) is 0 Å². The highest BCUT2D eigenvalue weighted by Crippen LogP contribution is 2.23. The molecule has 1 aliphatic heterocycles. The minimum atomic E-state index is -4.09. The van der Waals surface area contributed by atoms with E-state index in [1.807, 2.05) is 11.4 Å².